The van der Waals surface area contributed by atoms with Gasteiger partial charge in [-0.3, -0.25) is 9.59 Å². The van der Waals surface area contributed by atoms with Crippen molar-refractivity contribution >= 4 is 33.8 Å². The zero-order valence-corrected chi connectivity index (χ0v) is 19.8. The maximum Gasteiger partial charge on any atom is 0.258 e. The number of amides is 2. The van der Waals surface area contributed by atoms with E-state index in [-0.39, 0.29) is 11.8 Å². The van der Waals surface area contributed by atoms with Crippen LogP contribution in [0.1, 0.15) is 57.3 Å². The molecule has 4 nitrogen and oxygen atoms in total. The average molecular weight is 447 g/mol. The van der Waals surface area contributed by atoms with Crippen LogP contribution in [-0.2, 0) is 24.1 Å². The van der Waals surface area contributed by atoms with Crippen LogP contribution >= 0.6 is 11.3 Å². The summed E-state index contributed by atoms with van der Waals surface area (Å²) in [5, 5.41) is 6.88. The van der Waals surface area contributed by atoms with Crippen LogP contribution in [0.2, 0.25) is 0 Å². The van der Waals surface area contributed by atoms with Gasteiger partial charge in [-0.25, -0.2) is 0 Å². The van der Waals surface area contributed by atoms with Crippen LogP contribution in [0.4, 0.5) is 10.7 Å². The molecule has 3 aromatic rings. The highest BCUT2D eigenvalue weighted by molar-refractivity contribution is 7.17. The number of para-hydroxylation sites is 1. The molecule has 1 atom stereocenters. The molecule has 0 aliphatic heterocycles. The smallest absolute Gasteiger partial charge is 0.258 e. The van der Waals surface area contributed by atoms with Crippen LogP contribution < -0.4 is 10.6 Å². The van der Waals surface area contributed by atoms with Gasteiger partial charge in [-0.1, -0.05) is 55.5 Å². The normalized spacial score (nSPS) is 15.2. The van der Waals surface area contributed by atoms with Crippen molar-refractivity contribution in [1.29, 1.82) is 0 Å². The Kier molecular flexibility index (Phi) is 6.75. The fraction of sp³-hybridized carbons (Fsp3) is 0.333. The van der Waals surface area contributed by atoms with Gasteiger partial charge in [0.25, 0.3) is 5.91 Å². The Morgan fingerprint density at radius 1 is 1.00 bits per heavy atom. The SMILES string of the molecule is Cc1cccc(C)c1NC(=O)c1c(NC(=O)CCc2ccccc2)sc2c1CC[C@H](C)C2. The van der Waals surface area contributed by atoms with Crippen molar-refractivity contribution in [2.45, 2.75) is 52.9 Å². The fourth-order valence-corrected chi connectivity index (χ4v) is 5.78. The molecule has 0 spiro atoms. The van der Waals surface area contributed by atoms with Gasteiger partial charge in [0, 0.05) is 17.0 Å². The number of aryl methyl sites for hydroxylation is 3. The molecule has 4 rings (SSSR count). The highest BCUT2D eigenvalue weighted by atomic mass is 32.1. The Balaban J connectivity index is 1.58. The fourth-order valence-electron chi connectivity index (χ4n) is 4.36. The van der Waals surface area contributed by atoms with E-state index >= 15 is 0 Å². The lowest BCUT2D eigenvalue weighted by molar-refractivity contribution is -0.116. The third-order valence-corrected chi connectivity index (χ3v) is 7.36. The molecule has 1 aromatic heterocycles. The molecule has 1 aliphatic carbocycles. The van der Waals surface area contributed by atoms with Gasteiger partial charge < -0.3 is 10.6 Å². The highest BCUT2D eigenvalue weighted by Gasteiger charge is 2.28. The van der Waals surface area contributed by atoms with E-state index in [1.807, 2.05) is 62.4 Å². The first-order chi connectivity index (χ1) is 15.4. The van der Waals surface area contributed by atoms with E-state index < -0.39 is 0 Å². The largest absolute Gasteiger partial charge is 0.321 e. The molecule has 0 bridgehead atoms. The Bertz CT molecular complexity index is 1110. The van der Waals surface area contributed by atoms with Crippen LogP contribution in [0.25, 0.3) is 0 Å². The minimum Gasteiger partial charge on any atom is -0.321 e. The molecule has 2 aromatic carbocycles. The Hall–Kier alpha value is -2.92. The third-order valence-electron chi connectivity index (χ3n) is 6.19. The molecule has 166 valence electrons. The second-order valence-corrected chi connectivity index (χ2v) is 9.92. The van der Waals surface area contributed by atoms with Crippen LogP contribution in [-0.4, -0.2) is 11.8 Å². The lowest BCUT2D eigenvalue weighted by Gasteiger charge is -2.19. The summed E-state index contributed by atoms with van der Waals surface area (Å²) in [4.78, 5) is 27.5. The lowest BCUT2D eigenvalue weighted by Crippen LogP contribution is -2.20. The van der Waals surface area contributed by atoms with Crippen molar-refractivity contribution in [2.24, 2.45) is 5.92 Å². The zero-order chi connectivity index (χ0) is 22.7. The molecule has 1 aliphatic rings. The van der Waals surface area contributed by atoms with Crippen molar-refractivity contribution < 1.29 is 9.59 Å². The minimum absolute atomic E-state index is 0.0541. The van der Waals surface area contributed by atoms with Crippen LogP contribution in [0, 0.1) is 19.8 Å². The van der Waals surface area contributed by atoms with Crippen LogP contribution in [0.15, 0.2) is 48.5 Å². The standard InChI is InChI=1S/C27H30N2O2S/c1-17-12-14-21-22(16-17)32-27(28-23(30)15-13-20-10-5-4-6-11-20)24(21)26(31)29-25-18(2)8-7-9-19(25)3/h4-11,17H,12-16H2,1-3H3,(H,28,30)(H,29,31)/t17-/m0/s1. The summed E-state index contributed by atoms with van der Waals surface area (Å²) < 4.78 is 0. The van der Waals surface area contributed by atoms with Crippen molar-refractivity contribution in [3.63, 3.8) is 0 Å². The Labute approximate surface area is 194 Å². The predicted molar refractivity (Wildman–Crippen MR) is 133 cm³/mol. The lowest BCUT2D eigenvalue weighted by atomic mass is 9.88. The molecule has 0 unspecified atom stereocenters. The molecule has 0 saturated carbocycles. The van der Waals surface area contributed by atoms with Crippen LogP contribution in [0.3, 0.4) is 0 Å². The van der Waals surface area contributed by atoms with Crippen molar-refractivity contribution in [3.05, 3.63) is 81.2 Å². The Morgan fingerprint density at radius 2 is 1.72 bits per heavy atom. The summed E-state index contributed by atoms with van der Waals surface area (Å²) in [5.74, 6) is 0.409. The van der Waals surface area contributed by atoms with E-state index in [0.717, 1.165) is 47.2 Å². The van der Waals surface area contributed by atoms with Crippen molar-refractivity contribution in [2.75, 3.05) is 10.6 Å². The van der Waals surface area contributed by atoms with E-state index in [0.29, 0.717) is 29.3 Å². The molecule has 0 fully saturated rings. The number of benzene rings is 2. The van der Waals surface area contributed by atoms with Gasteiger partial charge in [0.15, 0.2) is 0 Å². The summed E-state index contributed by atoms with van der Waals surface area (Å²) in [6.07, 6.45) is 3.97. The van der Waals surface area contributed by atoms with Gasteiger partial charge in [-0.15, -0.1) is 11.3 Å². The third kappa shape index (κ3) is 4.94. The highest BCUT2D eigenvalue weighted by Crippen LogP contribution is 2.40. The zero-order valence-electron chi connectivity index (χ0n) is 19.0. The second kappa shape index (κ2) is 9.70. The maximum atomic E-state index is 13.5. The van der Waals surface area contributed by atoms with E-state index in [2.05, 4.69) is 17.6 Å². The molecule has 0 saturated heterocycles. The Morgan fingerprint density at radius 3 is 2.44 bits per heavy atom. The number of hydrogen-bond acceptors (Lipinski definition) is 3. The summed E-state index contributed by atoms with van der Waals surface area (Å²) >= 11 is 1.57. The minimum atomic E-state index is -0.132. The topological polar surface area (TPSA) is 58.2 Å². The summed E-state index contributed by atoms with van der Waals surface area (Å²) in [6, 6.07) is 16.0. The van der Waals surface area contributed by atoms with Gasteiger partial charge in [0.2, 0.25) is 5.91 Å². The number of anilines is 2. The number of fused-ring (bicyclic) bond motifs is 1. The first-order valence-electron chi connectivity index (χ1n) is 11.3. The number of rotatable bonds is 6. The maximum absolute atomic E-state index is 13.5. The molecule has 1 heterocycles. The number of carbonyl (C=O) groups excluding carboxylic acids is 2. The first kappa shape index (κ1) is 22.3. The van der Waals surface area contributed by atoms with Gasteiger partial charge in [-0.2, -0.15) is 0 Å². The summed E-state index contributed by atoms with van der Waals surface area (Å²) in [7, 11) is 0. The monoisotopic (exact) mass is 446 g/mol. The van der Waals surface area contributed by atoms with Gasteiger partial charge in [-0.05, 0) is 67.7 Å². The average Bonchev–Trinajstić information content (AvgIpc) is 3.12. The number of thiophene rings is 1. The molecular formula is C27H30N2O2S. The first-order valence-corrected chi connectivity index (χ1v) is 12.1. The van der Waals surface area contributed by atoms with Crippen molar-refractivity contribution in [1.82, 2.24) is 0 Å². The van der Waals surface area contributed by atoms with E-state index in [9.17, 15) is 9.59 Å². The number of nitrogens with one attached hydrogen (secondary N) is 2. The molecular weight excluding hydrogens is 416 g/mol. The quantitative estimate of drug-likeness (QED) is 0.466. The summed E-state index contributed by atoms with van der Waals surface area (Å²) in [6.45, 7) is 6.25. The van der Waals surface area contributed by atoms with E-state index in [1.54, 1.807) is 11.3 Å². The van der Waals surface area contributed by atoms with Gasteiger partial charge in [0.1, 0.15) is 5.00 Å². The van der Waals surface area contributed by atoms with Crippen molar-refractivity contribution in [3.8, 4) is 0 Å². The molecule has 32 heavy (non-hydrogen) atoms. The van der Waals surface area contributed by atoms with Gasteiger partial charge >= 0.3 is 0 Å². The second-order valence-electron chi connectivity index (χ2n) is 8.81. The van der Waals surface area contributed by atoms with E-state index in [4.69, 9.17) is 0 Å². The molecule has 0 radical (unpaired) electrons. The molecule has 2 N–H and O–H groups in total. The predicted octanol–water partition coefficient (Wildman–Crippen LogP) is 6.31. The summed E-state index contributed by atoms with van der Waals surface area (Å²) in [5.41, 5.74) is 5.80. The van der Waals surface area contributed by atoms with Crippen LogP contribution in [0.5, 0.6) is 0 Å². The molecule has 2 amide bonds. The molecule has 5 heteroatoms. The van der Waals surface area contributed by atoms with Gasteiger partial charge in [0.05, 0.1) is 5.56 Å². The number of hydrogen-bond donors (Lipinski definition) is 2. The van der Waals surface area contributed by atoms with E-state index in [1.165, 1.54) is 4.88 Å². The number of carbonyl (C=O) groups is 2.